The zero-order valence-corrected chi connectivity index (χ0v) is 24.8. The van der Waals surface area contributed by atoms with Gasteiger partial charge >= 0.3 is 11.9 Å². The second-order valence-corrected chi connectivity index (χ2v) is 12.2. The number of aliphatic hydroxyl groups excluding tert-OH is 2. The molecule has 0 spiro atoms. The van der Waals surface area contributed by atoms with Crippen LogP contribution in [0.5, 0.6) is 11.5 Å². The van der Waals surface area contributed by atoms with Crippen LogP contribution >= 0.6 is 0 Å². The third-order valence-electron chi connectivity index (χ3n) is 9.45. The number of carbonyl (C=O) groups is 3. The minimum absolute atomic E-state index is 0.0622. The molecule has 238 valence electrons. The molecule has 0 bridgehead atoms. The second kappa shape index (κ2) is 13.6. The molecule has 3 fully saturated rings. The normalized spacial score (nSPS) is 24.8. The van der Waals surface area contributed by atoms with Crippen molar-refractivity contribution in [2.24, 2.45) is 23.7 Å². The van der Waals surface area contributed by atoms with Crippen molar-refractivity contribution in [2.45, 2.75) is 56.8 Å². The fourth-order valence-electron chi connectivity index (χ4n) is 6.75. The highest BCUT2D eigenvalue weighted by molar-refractivity contribution is 5.87. The molecule has 11 nitrogen and oxygen atoms in total. The van der Waals surface area contributed by atoms with Crippen LogP contribution in [0.4, 0.5) is 0 Å². The first-order valence-corrected chi connectivity index (χ1v) is 15.2. The van der Waals surface area contributed by atoms with Crippen LogP contribution in [0.25, 0.3) is 0 Å². The number of aliphatic carboxylic acids is 1. The van der Waals surface area contributed by atoms with Gasteiger partial charge in [0.15, 0.2) is 29.0 Å². The SMILES string of the molecule is CC(=O)[C@H](O)[C@@H](O)C(=O)O.O=C(OCC1C2CN(CCc3ccc4c(c3)OCO4)CC12)C(O)(c1ccccc1)C1CCCC1. The second-order valence-electron chi connectivity index (χ2n) is 12.2. The summed E-state index contributed by atoms with van der Waals surface area (Å²) in [6.07, 6.45) is 1.00. The summed E-state index contributed by atoms with van der Waals surface area (Å²) in [4.78, 5) is 35.8. The van der Waals surface area contributed by atoms with Crippen molar-refractivity contribution in [3.05, 3.63) is 59.7 Å². The number of hydrogen-bond acceptors (Lipinski definition) is 10. The molecule has 11 heteroatoms. The van der Waals surface area contributed by atoms with E-state index in [-0.39, 0.29) is 5.92 Å². The molecule has 3 unspecified atom stereocenters. The van der Waals surface area contributed by atoms with Crippen LogP contribution in [0.1, 0.15) is 43.7 Å². The fourth-order valence-corrected chi connectivity index (χ4v) is 6.75. The Morgan fingerprint density at radius 2 is 1.64 bits per heavy atom. The predicted molar refractivity (Wildman–Crippen MR) is 157 cm³/mol. The third-order valence-corrected chi connectivity index (χ3v) is 9.45. The molecule has 5 atom stereocenters. The lowest BCUT2D eigenvalue weighted by Crippen LogP contribution is -2.43. The molecule has 6 rings (SSSR count). The monoisotopic (exact) mass is 611 g/mol. The van der Waals surface area contributed by atoms with Gasteiger partial charge in [-0.3, -0.25) is 4.79 Å². The number of ketones is 1. The van der Waals surface area contributed by atoms with E-state index >= 15 is 0 Å². The summed E-state index contributed by atoms with van der Waals surface area (Å²) >= 11 is 0. The highest BCUT2D eigenvalue weighted by atomic mass is 16.7. The standard InChI is InChI=1S/C28H33NO5.C5H8O5/c30-27(28(31,21-8-4-5-9-21)20-6-2-1-3-7-20)32-17-24-22-15-29(16-23(22)24)13-12-19-10-11-25-26(14-19)34-18-33-25;1-2(6)3(7)4(8)5(9)10/h1-3,6-7,10-11,14,21-24,31H,4-5,8-9,12-13,15-18H2;3-4,7-8H,1H3,(H,9,10)/t;3-,4+/m.0/s1. The van der Waals surface area contributed by atoms with E-state index in [2.05, 4.69) is 17.0 Å². The molecule has 2 aromatic carbocycles. The van der Waals surface area contributed by atoms with E-state index in [4.69, 9.17) is 29.5 Å². The zero-order chi connectivity index (χ0) is 31.4. The lowest BCUT2D eigenvalue weighted by atomic mass is 9.80. The number of carboxylic acid groups (broad SMARTS) is 1. The number of piperidine rings is 1. The molecule has 1 saturated heterocycles. The molecule has 0 radical (unpaired) electrons. The topological polar surface area (TPSA) is 163 Å². The van der Waals surface area contributed by atoms with Crippen molar-refractivity contribution < 1.29 is 49.0 Å². The fraction of sp³-hybridized carbons (Fsp3) is 0.545. The Kier molecular flexibility index (Phi) is 9.89. The highest BCUT2D eigenvalue weighted by Gasteiger charge is 2.56. The summed E-state index contributed by atoms with van der Waals surface area (Å²) in [5, 5.41) is 36.7. The number of rotatable bonds is 11. The molecule has 4 aliphatic rings. The summed E-state index contributed by atoms with van der Waals surface area (Å²) in [5.41, 5.74) is 0.401. The van der Waals surface area contributed by atoms with Crippen LogP contribution in [-0.4, -0.2) is 88.3 Å². The number of ether oxygens (including phenoxy) is 3. The maximum atomic E-state index is 13.2. The van der Waals surface area contributed by atoms with E-state index < -0.39 is 35.5 Å². The Hall–Kier alpha value is -3.51. The van der Waals surface area contributed by atoms with Crippen molar-refractivity contribution in [1.29, 1.82) is 0 Å². The molecule has 2 aromatic rings. The van der Waals surface area contributed by atoms with Crippen LogP contribution in [0, 0.1) is 23.7 Å². The average Bonchev–Trinajstić information content (AvgIpc) is 3.57. The number of nitrogens with zero attached hydrogens (tertiary/aromatic N) is 1. The maximum Gasteiger partial charge on any atom is 0.343 e. The van der Waals surface area contributed by atoms with Crippen molar-refractivity contribution in [3.63, 3.8) is 0 Å². The van der Waals surface area contributed by atoms with Crippen LogP contribution in [0.2, 0.25) is 0 Å². The number of fused-ring (bicyclic) bond motifs is 2. The van der Waals surface area contributed by atoms with Gasteiger partial charge in [0.2, 0.25) is 6.79 Å². The highest BCUT2D eigenvalue weighted by Crippen LogP contribution is 2.52. The number of carboxylic acids is 1. The minimum atomic E-state index is -2.02. The lowest BCUT2D eigenvalue weighted by Gasteiger charge is -2.32. The summed E-state index contributed by atoms with van der Waals surface area (Å²) in [6.45, 7) is 4.87. The molecular formula is C33H41NO10. The van der Waals surface area contributed by atoms with Gasteiger partial charge < -0.3 is 39.5 Å². The summed E-state index contributed by atoms with van der Waals surface area (Å²) in [5.74, 6) is 0.393. The Morgan fingerprint density at radius 1 is 0.977 bits per heavy atom. The largest absolute Gasteiger partial charge is 0.479 e. The van der Waals surface area contributed by atoms with Gasteiger partial charge in [0.25, 0.3) is 0 Å². The van der Waals surface area contributed by atoms with E-state index in [1.165, 1.54) is 5.56 Å². The van der Waals surface area contributed by atoms with Gasteiger partial charge in [-0.1, -0.05) is 49.2 Å². The van der Waals surface area contributed by atoms with Crippen molar-refractivity contribution >= 4 is 17.7 Å². The molecule has 4 N–H and O–H groups in total. The van der Waals surface area contributed by atoms with Crippen LogP contribution in [0.3, 0.4) is 0 Å². The number of hydrogen-bond donors (Lipinski definition) is 4. The maximum absolute atomic E-state index is 13.2. The number of esters is 1. The Labute approximate surface area is 256 Å². The molecular weight excluding hydrogens is 570 g/mol. The zero-order valence-electron chi connectivity index (χ0n) is 24.8. The van der Waals surface area contributed by atoms with Gasteiger partial charge in [-0.2, -0.15) is 0 Å². The van der Waals surface area contributed by atoms with Crippen molar-refractivity contribution in [3.8, 4) is 11.5 Å². The molecule has 0 aromatic heterocycles. The van der Waals surface area contributed by atoms with Crippen molar-refractivity contribution in [2.75, 3.05) is 33.0 Å². The van der Waals surface area contributed by atoms with E-state index in [1.807, 2.05) is 36.4 Å². The number of benzene rings is 2. The number of aliphatic hydroxyl groups is 3. The summed E-state index contributed by atoms with van der Waals surface area (Å²) < 4.78 is 16.7. The molecule has 2 aliphatic carbocycles. The molecule has 2 aliphatic heterocycles. The van der Waals surface area contributed by atoms with Gasteiger partial charge in [-0.15, -0.1) is 0 Å². The predicted octanol–water partition coefficient (Wildman–Crippen LogP) is 2.14. The van der Waals surface area contributed by atoms with Crippen LogP contribution in [-0.2, 0) is 31.1 Å². The molecule has 2 saturated carbocycles. The third kappa shape index (κ3) is 6.91. The van der Waals surface area contributed by atoms with Gasteiger partial charge in [0, 0.05) is 31.5 Å². The first kappa shape index (κ1) is 31.9. The Morgan fingerprint density at radius 3 is 2.25 bits per heavy atom. The quantitative estimate of drug-likeness (QED) is 0.275. The Bertz CT molecular complexity index is 1300. The average molecular weight is 612 g/mol. The van der Waals surface area contributed by atoms with E-state index in [9.17, 15) is 19.5 Å². The lowest BCUT2D eigenvalue weighted by molar-refractivity contribution is -0.174. The number of carbonyl (C=O) groups excluding carboxylic acids is 2. The minimum Gasteiger partial charge on any atom is -0.479 e. The van der Waals surface area contributed by atoms with Gasteiger partial charge in [-0.25, -0.2) is 9.59 Å². The molecule has 44 heavy (non-hydrogen) atoms. The van der Waals surface area contributed by atoms with E-state index in [0.717, 1.165) is 70.2 Å². The van der Waals surface area contributed by atoms with Crippen LogP contribution in [0.15, 0.2) is 48.5 Å². The van der Waals surface area contributed by atoms with Crippen molar-refractivity contribution in [1.82, 2.24) is 4.90 Å². The molecule has 0 amide bonds. The summed E-state index contributed by atoms with van der Waals surface area (Å²) in [6, 6.07) is 15.6. The number of Topliss-reactive ketones (excluding diaryl/α,β-unsaturated/α-hetero) is 1. The molecule has 2 heterocycles. The van der Waals surface area contributed by atoms with E-state index in [0.29, 0.717) is 36.7 Å². The van der Waals surface area contributed by atoms with Gasteiger partial charge in [0.05, 0.1) is 6.61 Å². The van der Waals surface area contributed by atoms with Crippen LogP contribution < -0.4 is 9.47 Å². The number of likely N-dealkylation sites (tertiary alicyclic amines) is 1. The summed E-state index contributed by atoms with van der Waals surface area (Å²) in [7, 11) is 0. The Balaban J connectivity index is 0.000000333. The first-order chi connectivity index (χ1) is 21.1. The smallest absolute Gasteiger partial charge is 0.343 e. The van der Waals surface area contributed by atoms with Gasteiger partial charge in [0.1, 0.15) is 6.10 Å². The van der Waals surface area contributed by atoms with E-state index in [1.54, 1.807) is 0 Å². The first-order valence-electron chi connectivity index (χ1n) is 15.2. The van der Waals surface area contributed by atoms with Gasteiger partial charge in [-0.05, 0) is 61.3 Å².